The minimum atomic E-state index is 0.476. The molecule has 8 aromatic rings. The number of fused-ring (bicyclic) bond motifs is 9. The fourth-order valence-electron chi connectivity index (χ4n) is 7.77. The van der Waals surface area contributed by atoms with Crippen LogP contribution in [0.2, 0.25) is 0 Å². The SMILES string of the molecule is CC1CC=Cc2c1n(-c1ccc3c(c1)sc1cc(N(c4cc5cc(c4)C5)c4cccc5ccccc45)ccc13)c1ccccc21. The molecule has 6 aromatic carbocycles. The van der Waals surface area contributed by atoms with E-state index in [9.17, 15) is 0 Å². The number of hydrogen-bond acceptors (Lipinski definition) is 2. The number of allylic oxidation sites excluding steroid dienone is 1. The molecule has 3 heteroatoms. The molecule has 0 spiro atoms. The molecule has 0 aliphatic heterocycles. The van der Waals surface area contributed by atoms with Crippen molar-refractivity contribution in [3.8, 4) is 5.69 Å². The van der Waals surface area contributed by atoms with Gasteiger partial charge in [-0.1, -0.05) is 91.9 Å². The van der Waals surface area contributed by atoms with Crippen molar-refractivity contribution in [2.24, 2.45) is 0 Å². The Balaban J connectivity index is 1.15. The highest BCUT2D eigenvalue weighted by Gasteiger charge is 2.24. The van der Waals surface area contributed by atoms with Gasteiger partial charge in [0.2, 0.25) is 0 Å². The maximum Gasteiger partial charge on any atom is 0.0540 e. The van der Waals surface area contributed by atoms with Crippen LogP contribution in [-0.2, 0) is 6.42 Å². The highest BCUT2D eigenvalue weighted by Crippen LogP contribution is 2.45. The third-order valence-corrected chi connectivity index (χ3v) is 11.0. The molecule has 3 aliphatic carbocycles. The van der Waals surface area contributed by atoms with E-state index in [4.69, 9.17) is 0 Å². The lowest BCUT2D eigenvalue weighted by molar-refractivity contribution is 0.724. The van der Waals surface area contributed by atoms with Crippen molar-refractivity contribution in [2.45, 2.75) is 25.7 Å². The third kappa shape index (κ3) is 3.74. The molecule has 0 amide bonds. The Morgan fingerprint density at radius 3 is 2.27 bits per heavy atom. The van der Waals surface area contributed by atoms with Gasteiger partial charge in [-0.05, 0) is 77.9 Å². The number of para-hydroxylation sites is 1. The summed E-state index contributed by atoms with van der Waals surface area (Å²) in [6.07, 6.45) is 6.82. The van der Waals surface area contributed by atoms with Gasteiger partial charge in [-0.25, -0.2) is 0 Å². The Kier molecular flexibility index (Phi) is 5.29. The predicted molar refractivity (Wildman–Crippen MR) is 193 cm³/mol. The summed E-state index contributed by atoms with van der Waals surface area (Å²) in [6.45, 7) is 2.36. The van der Waals surface area contributed by atoms with E-state index < -0.39 is 0 Å². The molecule has 0 saturated carbocycles. The van der Waals surface area contributed by atoms with Crippen molar-refractivity contribution in [3.63, 3.8) is 0 Å². The largest absolute Gasteiger partial charge is 0.313 e. The first-order chi connectivity index (χ1) is 22.2. The summed E-state index contributed by atoms with van der Waals surface area (Å²) in [5.41, 5.74) is 11.8. The van der Waals surface area contributed by atoms with E-state index in [1.54, 1.807) is 0 Å². The van der Waals surface area contributed by atoms with E-state index in [1.807, 2.05) is 11.3 Å². The average Bonchev–Trinajstić information content (AvgIpc) is 3.60. The zero-order valence-electron chi connectivity index (χ0n) is 25.0. The number of anilines is 3. The van der Waals surface area contributed by atoms with Crippen molar-refractivity contribution in [1.82, 2.24) is 4.57 Å². The minimum Gasteiger partial charge on any atom is -0.313 e. The normalized spacial score (nSPS) is 15.2. The van der Waals surface area contributed by atoms with Crippen LogP contribution in [0.3, 0.4) is 0 Å². The quantitative estimate of drug-likeness (QED) is 0.197. The smallest absolute Gasteiger partial charge is 0.0540 e. The lowest BCUT2D eigenvalue weighted by atomic mass is 9.91. The van der Waals surface area contributed by atoms with Crippen LogP contribution in [0.15, 0.2) is 127 Å². The summed E-state index contributed by atoms with van der Waals surface area (Å²) >= 11 is 1.90. The van der Waals surface area contributed by atoms with Gasteiger partial charge in [0.15, 0.2) is 0 Å². The maximum absolute atomic E-state index is 2.51. The second-order valence-electron chi connectivity index (χ2n) is 12.7. The molecule has 1 atom stereocenters. The molecule has 0 radical (unpaired) electrons. The highest BCUT2D eigenvalue weighted by molar-refractivity contribution is 7.25. The summed E-state index contributed by atoms with van der Waals surface area (Å²) < 4.78 is 5.15. The number of aromatic nitrogens is 1. The molecule has 2 heterocycles. The van der Waals surface area contributed by atoms with Crippen LogP contribution in [0.1, 0.15) is 41.6 Å². The first-order valence-corrected chi connectivity index (χ1v) is 16.7. The maximum atomic E-state index is 2.51. The minimum absolute atomic E-state index is 0.476. The Bertz CT molecular complexity index is 2500. The first kappa shape index (κ1) is 25.2. The Morgan fingerprint density at radius 1 is 0.667 bits per heavy atom. The van der Waals surface area contributed by atoms with E-state index in [-0.39, 0.29) is 0 Å². The summed E-state index contributed by atoms with van der Waals surface area (Å²) in [6, 6.07) is 45.4. The van der Waals surface area contributed by atoms with Crippen molar-refractivity contribution in [3.05, 3.63) is 150 Å². The standard InChI is InChI=1S/C42H30N2S/c1-26-8-6-13-37-34-12-4-5-14-39(34)44(42(26)37)31-17-19-36-35-18-16-30(24-40(35)45-41(36)25-31)43(32-22-27-20-28(21-27)23-32)38-15-7-10-29-9-2-3-11-33(29)38/h2-7,9-20,22-26H,8,21H2,1H3. The van der Waals surface area contributed by atoms with Gasteiger partial charge < -0.3 is 9.47 Å². The predicted octanol–water partition coefficient (Wildman–Crippen LogP) is 12.0. The molecular formula is C42H30N2S. The van der Waals surface area contributed by atoms with Crippen molar-refractivity contribution in [2.75, 3.05) is 4.90 Å². The molecule has 0 fully saturated rings. The zero-order chi connectivity index (χ0) is 29.6. The van der Waals surface area contributed by atoms with Crippen molar-refractivity contribution < 1.29 is 0 Å². The Hall–Kier alpha value is -5.12. The number of thiophene rings is 1. The fraction of sp³-hybridized carbons (Fsp3) is 0.0952. The average molecular weight is 595 g/mol. The number of benzene rings is 6. The van der Waals surface area contributed by atoms with Gasteiger partial charge in [0.25, 0.3) is 0 Å². The van der Waals surface area contributed by atoms with E-state index in [0.717, 1.165) is 12.8 Å². The summed E-state index contributed by atoms with van der Waals surface area (Å²) in [5.74, 6) is 0.476. The van der Waals surface area contributed by atoms with E-state index in [2.05, 4.69) is 150 Å². The van der Waals surface area contributed by atoms with Gasteiger partial charge in [-0.3, -0.25) is 0 Å². The molecule has 1 unspecified atom stereocenters. The van der Waals surface area contributed by atoms with E-state index >= 15 is 0 Å². The Morgan fingerprint density at radius 2 is 1.40 bits per heavy atom. The van der Waals surface area contributed by atoms with Crippen LogP contribution < -0.4 is 4.90 Å². The van der Waals surface area contributed by atoms with Crippen LogP contribution in [0.5, 0.6) is 0 Å². The molecule has 0 saturated heterocycles. The Labute approximate surface area is 266 Å². The van der Waals surface area contributed by atoms with Crippen LogP contribution in [0.4, 0.5) is 17.1 Å². The van der Waals surface area contributed by atoms with Crippen molar-refractivity contribution >= 4 is 76.3 Å². The summed E-state index contributed by atoms with van der Waals surface area (Å²) in [7, 11) is 0. The van der Waals surface area contributed by atoms with Gasteiger partial charge in [-0.15, -0.1) is 11.3 Å². The zero-order valence-corrected chi connectivity index (χ0v) is 25.8. The van der Waals surface area contributed by atoms with Crippen LogP contribution >= 0.6 is 11.3 Å². The fourth-order valence-corrected chi connectivity index (χ4v) is 8.94. The molecule has 45 heavy (non-hydrogen) atoms. The molecule has 2 nitrogen and oxygen atoms in total. The molecule has 3 aliphatic rings. The number of hydrogen-bond donors (Lipinski definition) is 0. The first-order valence-electron chi connectivity index (χ1n) is 15.9. The monoisotopic (exact) mass is 594 g/mol. The molecule has 2 aromatic heterocycles. The molecule has 214 valence electrons. The van der Waals surface area contributed by atoms with Crippen LogP contribution in [-0.4, -0.2) is 4.57 Å². The highest BCUT2D eigenvalue weighted by atomic mass is 32.1. The van der Waals surface area contributed by atoms with Gasteiger partial charge >= 0.3 is 0 Å². The number of nitrogens with zero attached hydrogens (tertiary/aromatic N) is 2. The van der Waals surface area contributed by atoms with E-state index in [0.29, 0.717) is 5.92 Å². The second kappa shape index (κ2) is 9.44. The molecule has 0 N–H and O–H groups in total. The molecular weight excluding hydrogens is 565 g/mol. The summed E-state index contributed by atoms with van der Waals surface area (Å²) in [5, 5.41) is 6.50. The van der Waals surface area contributed by atoms with Gasteiger partial charge in [-0.2, -0.15) is 0 Å². The third-order valence-electron chi connectivity index (χ3n) is 9.86. The van der Waals surface area contributed by atoms with Crippen LogP contribution in [0, 0.1) is 0 Å². The molecule has 2 bridgehead atoms. The van der Waals surface area contributed by atoms with Gasteiger partial charge in [0, 0.05) is 65.2 Å². The topological polar surface area (TPSA) is 8.17 Å². The van der Waals surface area contributed by atoms with Crippen LogP contribution in [0.25, 0.3) is 53.6 Å². The molecule has 11 rings (SSSR count). The van der Waals surface area contributed by atoms with Gasteiger partial charge in [0.1, 0.15) is 0 Å². The van der Waals surface area contributed by atoms with Crippen molar-refractivity contribution in [1.29, 1.82) is 0 Å². The van der Waals surface area contributed by atoms with Gasteiger partial charge in [0.05, 0.1) is 11.2 Å². The lowest BCUT2D eigenvalue weighted by Gasteiger charge is -2.30. The number of rotatable bonds is 4. The summed E-state index contributed by atoms with van der Waals surface area (Å²) in [4.78, 5) is 2.46. The second-order valence-corrected chi connectivity index (χ2v) is 13.8. The lowest BCUT2D eigenvalue weighted by Crippen LogP contribution is -2.13. The van der Waals surface area contributed by atoms with E-state index in [1.165, 1.54) is 87.0 Å².